The summed E-state index contributed by atoms with van der Waals surface area (Å²) in [5, 5.41) is 7.12. The zero-order valence-corrected chi connectivity index (χ0v) is 10.2. The van der Waals surface area contributed by atoms with Crippen LogP contribution in [-0.4, -0.2) is 16.7 Å². The lowest BCUT2D eigenvalue weighted by molar-refractivity contribution is 0.366. The summed E-state index contributed by atoms with van der Waals surface area (Å²) in [6.45, 7) is 0.906. The van der Waals surface area contributed by atoms with Crippen molar-refractivity contribution in [3.8, 4) is 11.5 Å². The lowest BCUT2D eigenvalue weighted by atomic mass is 10.0. The number of hydrogen-bond donors (Lipinski definition) is 1. The number of rotatable bonds is 2. The number of aromatic nitrogens is 2. The number of nitrogens with zero attached hydrogens (tertiary/aromatic N) is 2. The molecule has 3 rings (SSSR count). The summed E-state index contributed by atoms with van der Waals surface area (Å²) in [4.78, 5) is 4.16. The van der Waals surface area contributed by atoms with Crippen LogP contribution in [0.5, 0.6) is 0 Å². The normalized spacial score (nSPS) is 19.6. The molecule has 1 atom stereocenters. The molecule has 2 aromatic rings. The molecule has 1 unspecified atom stereocenters. The van der Waals surface area contributed by atoms with Gasteiger partial charge >= 0.3 is 0 Å². The lowest BCUT2D eigenvalue weighted by Crippen LogP contribution is -2.27. The van der Waals surface area contributed by atoms with E-state index in [-0.39, 0.29) is 17.5 Å². The Balaban J connectivity index is 1.89. The molecule has 1 saturated heterocycles. The van der Waals surface area contributed by atoms with Gasteiger partial charge in [-0.1, -0.05) is 11.6 Å². The highest BCUT2D eigenvalue weighted by Gasteiger charge is 2.22. The van der Waals surface area contributed by atoms with Crippen LogP contribution >= 0.6 is 0 Å². The monoisotopic (exact) mass is 265 g/mol. The molecule has 100 valence electrons. The summed E-state index contributed by atoms with van der Waals surface area (Å²) >= 11 is 0. The lowest BCUT2D eigenvalue weighted by Gasteiger charge is -2.19. The smallest absolute Gasteiger partial charge is 0.261 e. The van der Waals surface area contributed by atoms with Crippen LogP contribution in [0.25, 0.3) is 11.5 Å². The summed E-state index contributed by atoms with van der Waals surface area (Å²) in [6, 6.07) is 3.19. The van der Waals surface area contributed by atoms with Crippen LogP contribution in [0.4, 0.5) is 8.78 Å². The van der Waals surface area contributed by atoms with Crippen LogP contribution in [0.15, 0.2) is 22.7 Å². The highest BCUT2D eigenvalue weighted by Crippen LogP contribution is 2.26. The fourth-order valence-corrected chi connectivity index (χ4v) is 2.22. The molecular formula is C13H13F2N3O. The van der Waals surface area contributed by atoms with Crippen molar-refractivity contribution < 1.29 is 13.3 Å². The van der Waals surface area contributed by atoms with E-state index < -0.39 is 11.6 Å². The summed E-state index contributed by atoms with van der Waals surface area (Å²) in [5.41, 5.74) is -0.00504. The third-order valence-electron chi connectivity index (χ3n) is 3.22. The van der Waals surface area contributed by atoms with Gasteiger partial charge in [-0.15, -0.1) is 0 Å². The van der Waals surface area contributed by atoms with E-state index in [1.165, 1.54) is 0 Å². The van der Waals surface area contributed by atoms with E-state index >= 15 is 0 Å². The zero-order valence-electron chi connectivity index (χ0n) is 10.2. The number of piperidine rings is 1. The van der Waals surface area contributed by atoms with Crippen LogP contribution in [0.3, 0.4) is 0 Å². The minimum absolute atomic E-state index is 0.00504. The van der Waals surface area contributed by atoms with Gasteiger partial charge in [-0.05, 0) is 37.6 Å². The molecule has 0 radical (unpaired) electrons. The van der Waals surface area contributed by atoms with Crippen LogP contribution in [0, 0.1) is 11.6 Å². The SMILES string of the molecule is Fc1ccc(F)c(-c2nc(C3CCCCN3)no2)c1. The average molecular weight is 265 g/mol. The second kappa shape index (κ2) is 5.05. The molecule has 1 fully saturated rings. The third-order valence-corrected chi connectivity index (χ3v) is 3.22. The van der Waals surface area contributed by atoms with E-state index in [0.717, 1.165) is 44.0 Å². The Kier molecular flexibility index (Phi) is 3.25. The molecule has 1 aromatic heterocycles. The van der Waals surface area contributed by atoms with E-state index in [2.05, 4.69) is 15.5 Å². The second-order valence-corrected chi connectivity index (χ2v) is 4.58. The van der Waals surface area contributed by atoms with Gasteiger partial charge in [0.15, 0.2) is 5.82 Å². The predicted octanol–water partition coefficient (Wildman–Crippen LogP) is 2.83. The molecule has 0 spiro atoms. The van der Waals surface area contributed by atoms with Crippen molar-refractivity contribution in [3.63, 3.8) is 0 Å². The van der Waals surface area contributed by atoms with E-state index in [1.54, 1.807) is 0 Å². The Bertz CT molecular complexity index is 579. The molecule has 0 amide bonds. The van der Waals surface area contributed by atoms with Crippen molar-refractivity contribution >= 4 is 0 Å². The first-order chi connectivity index (χ1) is 9.24. The van der Waals surface area contributed by atoms with Crippen LogP contribution in [-0.2, 0) is 0 Å². The molecule has 1 N–H and O–H groups in total. The van der Waals surface area contributed by atoms with Gasteiger partial charge in [0.2, 0.25) is 0 Å². The molecule has 6 heteroatoms. The van der Waals surface area contributed by atoms with Crippen LogP contribution in [0.2, 0.25) is 0 Å². The van der Waals surface area contributed by atoms with Crippen molar-refractivity contribution in [1.82, 2.24) is 15.5 Å². The first-order valence-corrected chi connectivity index (χ1v) is 6.26. The topological polar surface area (TPSA) is 51.0 Å². The van der Waals surface area contributed by atoms with Gasteiger partial charge in [0.1, 0.15) is 11.6 Å². The molecule has 0 saturated carbocycles. The predicted molar refractivity (Wildman–Crippen MR) is 64.2 cm³/mol. The van der Waals surface area contributed by atoms with Crippen molar-refractivity contribution in [2.75, 3.05) is 6.54 Å². The van der Waals surface area contributed by atoms with E-state index in [1.807, 2.05) is 0 Å². The van der Waals surface area contributed by atoms with Gasteiger partial charge in [-0.2, -0.15) is 4.98 Å². The number of halogens is 2. The molecule has 0 bridgehead atoms. The molecular weight excluding hydrogens is 252 g/mol. The highest BCUT2D eigenvalue weighted by molar-refractivity contribution is 5.53. The summed E-state index contributed by atoms with van der Waals surface area (Å²) in [6.07, 6.45) is 3.14. The van der Waals surface area contributed by atoms with Crippen molar-refractivity contribution in [2.45, 2.75) is 25.3 Å². The van der Waals surface area contributed by atoms with Gasteiger partial charge in [0.25, 0.3) is 5.89 Å². The van der Waals surface area contributed by atoms with Crippen molar-refractivity contribution in [1.29, 1.82) is 0 Å². The largest absolute Gasteiger partial charge is 0.334 e. The van der Waals surface area contributed by atoms with Gasteiger partial charge in [0.05, 0.1) is 11.6 Å². The second-order valence-electron chi connectivity index (χ2n) is 4.58. The third kappa shape index (κ3) is 2.49. The summed E-state index contributed by atoms with van der Waals surface area (Å²) in [7, 11) is 0. The molecule has 4 nitrogen and oxygen atoms in total. The molecule has 19 heavy (non-hydrogen) atoms. The van der Waals surface area contributed by atoms with Gasteiger partial charge in [0, 0.05) is 0 Å². The Hall–Kier alpha value is -1.82. The quantitative estimate of drug-likeness (QED) is 0.907. The van der Waals surface area contributed by atoms with E-state index in [0.29, 0.717) is 5.82 Å². The Morgan fingerprint density at radius 1 is 1.26 bits per heavy atom. The Labute approximate surface area is 108 Å². The standard InChI is InChI=1S/C13H13F2N3O/c14-8-4-5-10(15)9(7-8)13-17-12(18-19-13)11-3-1-2-6-16-11/h4-5,7,11,16H,1-3,6H2. The maximum Gasteiger partial charge on any atom is 0.261 e. The van der Waals surface area contributed by atoms with Gasteiger partial charge < -0.3 is 9.84 Å². The average Bonchev–Trinajstić information content (AvgIpc) is 2.92. The zero-order chi connectivity index (χ0) is 13.2. The minimum atomic E-state index is -0.576. The Morgan fingerprint density at radius 2 is 2.16 bits per heavy atom. The highest BCUT2D eigenvalue weighted by atomic mass is 19.1. The fourth-order valence-electron chi connectivity index (χ4n) is 2.22. The maximum absolute atomic E-state index is 13.6. The van der Waals surface area contributed by atoms with Gasteiger partial charge in [-0.3, -0.25) is 0 Å². The maximum atomic E-state index is 13.6. The molecule has 1 aliphatic rings. The van der Waals surface area contributed by atoms with Crippen LogP contribution in [0.1, 0.15) is 31.1 Å². The Morgan fingerprint density at radius 3 is 2.95 bits per heavy atom. The summed E-state index contributed by atoms with van der Waals surface area (Å²) in [5.74, 6) is -0.599. The number of hydrogen-bond acceptors (Lipinski definition) is 4. The van der Waals surface area contributed by atoms with Gasteiger partial charge in [-0.25, -0.2) is 8.78 Å². The molecule has 1 aromatic carbocycles. The first kappa shape index (κ1) is 12.2. The minimum Gasteiger partial charge on any atom is -0.334 e. The molecule has 2 heterocycles. The first-order valence-electron chi connectivity index (χ1n) is 6.26. The number of nitrogens with one attached hydrogen (secondary N) is 1. The van der Waals surface area contributed by atoms with Crippen molar-refractivity contribution in [3.05, 3.63) is 35.7 Å². The van der Waals surface area contributed by atoms with E-state index in [9.17, 15) is 8.78 Å². The number of benzene rings is 1. The van der Waals surface area contributed by atoms with E-state index in [4.69, 9.17) is 4.52 Å². The summed E-state index contributed by atoms with van der Waals surface area (Å²) < 4.78 is 31.8. The van der Waals surface area contributed by atoms with Crippen LogP contribution < -0.4 is 5.32 Å². The molecule has 0 aliphatic carbocycles. The fraction of sp³-hybridized carbons (Fsp3) is 0.385. The molecule has 1 aliphatic heterocycles. The van der Waals surface area contributed by atoms with Crippen molar-refractivity contribution in [2.24, 2.45) is 0 Å².